The van der Waals surface area contributed by atoms with Crippen LogP contribution in [0.3, 0.4) is 0 Å². The molecule has 0 amide bonds. The number of hydrogen-bond acceptors (Lipinski definition) is 2. The van der Waals surface area contributed by atoms with E-state index in [1.165, 1.54) is 12.1 Å². The van der Waals surface area contributed by atoms with Gasteiger partial charge in [-0.05, 0) is 42.3 Å². The zero-order valence-electron chi connectivity index (χ0n) is 13.6. The Morgan fingerprint density at radius 3 is 2.32 bits per heavy atom. The summed E-state index contributed by atoms with van der Waals surface area (Å²) >= 11 is 3.47. The summed E-state index contributed by atoms with van der Waals surface area (Å²) in [6.45, 7) is 2.06. The highest BCUT2D eigenvalue weighted by molar-refractivity contribution is 9.10. The summed E-state index contributed by atoms with van der Waals surface area (Å²) in [5.41, 5.74) is 5.65. The molecular weight excluding hydrogens is 381 g/mol. The average Bonchev–Trinajstić information content (AvgIpc) is 3.02. The molecule has 124 valence electrons. The van der Waals surface area contributed by atoms with E-state index in [4.69, 9.17) is 5.10 Å². The number of benzene rings is 2. The van der Waals surface area contributed by atoms with E-state index < -0.39 is 0 Å². The van der Waals surface area contributed by atoms with Gasteiger partial charge in [-0.15, -0.1) is 0 Å². The summed E-state index contributed by atoms with van der Waals surface area (Å²) < 4.78 is 16.2. The first-order chi connectivity index (χ1) is 12.2. The molecule has 0 radical (unpaired) electrons. The molecule has 0 fully saturated rings. The number of rotatable bonds is 3. The van der Waals surface area contributed by atoms with Gasteiger partial charge in [-0.1, -0.05) is 47.1 Å². The van der Waals surface area contributed by atoms with Gasteiger partial charge in [0.25, 0.3) is 0 Å². The highest BCUT2D eigenvalue weighted by Gasteiger charge is 2.17. The molecule has 5 heteroatoms. The normalized spacial score (nSPS) is 11.2. The predicted molar refractivity (Wildman–Crippen MR) is 101 cm³/mol. The van der Waals surface area contributed by atoms with Crippen molar-refractivity contribution in [1.29, 1.82) is 0 Å². The van der Waals surface area contributed by atoms with Gasteiger partial charge in [-0.25, -0.2) is 13.9 Å². The Hall–Kier alpha value is -2.53. The largest absolute Gasteiger partial charge is 0.236 e. The lowest BCUT2D eigenvalue weighted by Gasteiger charge is -2.05. The van der Waals surface area contributed by atoms with E-state index in [1.54, 1.807) is 18.3 Å². The second kappa shape index (κ2) is 6.41. The van der Waals surface area contributed by atoms with Crippen molar-refractivity contribution < 1.29 is 4.39 Å². The van der Waals surface area contributed by atoms with E-state index in [2.05, 4.69) is 27.8 Å². The van der Waals surface area contributed by atoms with Crippen LogP contribution in [0.2, 0.25) is 0 Å². The summed E-state index contributed by atoms with van der Waals surface area (Å²) in [6, 6.07) is 16.6. The standard InChI is InChI=1S/C20H15BrFN3/c1-2-17-19(14-5-9-16(22)10-6-14)20-23-12-11-18(25(20)24-17)13-3-7-15(21)8-4-13/h3-12H,2H2,1H3. The van der Waals surface area contributed by atoms with Crippen LogP contribution < -0.4 is 0 Å². The number of hydrogen-bond donors (Lipinski definition) is 0. The van der Waals surface area contributed by atoms with Crippen molar-refractivity contribution in [2.75, 3.05) is 0 Å². The van der Waals surface area contributed by atoms with Gasteiger partial charge in [0.2, 0.25) is 0 Å². The Balaban J connectivity index is 1.97. The maximum absolute atomic E-state index is 13.3. The summed E-state index contributed by atoms with van der Waals surface area (Å²) in [4.78, 5) is 4.55. The molecule has 0 aliphatic rings. The van der Waals surface area contributed by atoms with E-state index in [-0.39, 0.29) is 5.82 Å². The summed E-state index contributed by atoms with van der Waals surface area (Å²) in [5, 5.41) is 4.78. The van der Waals surface area contributed by atoms with Gasteiger partial charge in [0.05, 0.1) is 11.4 Å². The molecule has 4 aromatic rings. The molecule has 0 N–H and O–H groups in total. The molecule has 25 heavy (non-hydrogen) atoms. The van der Waals surface area contributed by atoms with Crippen molar-refractivity contribution in [1.82, 2.24) is 14.6 Å². The first kappa shape index (κ1) is 16.0. The number of aromatic nitrogens is 3. The SMILES string of the molecule is CCc1nn2c(-c3ccc(Br)cc3)ccnc2c1-c1ccc(F)cc1. The summed E-state index contributed by atoms with van der Waals surface area (Å²) in [5.74, 6) is -0.248. The number of aryl methyl sites for hydroxylation is 1. The van der Waals surface area contributed by atoms with Gasteiger partial charge in [-0.2, -0.15) is 5.10 Å². The monoisotopic (exact) mass is 395 g/mol. The van der Waals surface area contributed by atoms with Crippen molar-refractivity contribution >= 4 is 21.6 Å². The van der Waals surface area contributed by atoms with Crippen LogP contribution in [0.4, 0.5) is 4.39 Å². The van der Waals surface area contributed by atoms with E-state index >= 15 is 0 Å². The van der Waals surface area contributed by atoms with Crippen molar-refractivity contribution in [2.45, 2.75) is 13.3 Å². The molecule has 0 unspecified atom stereocenters. The fourth-order valence-electron chi connectivity index (χ4n) is 2.99. The molecule has 0 aliphatic heterocycles. The van der Waals surface area contributed by atoms with Crippen molar-refractivity contribution in [3.63, 3.8) is 0 Å². The van der Waals surface area contributed by atoms with Gasteiger partial charge >= 0.3 is 0 Å². The van der Waals surface area contributed by atoms with E-state index in [0.717, 1.165) is 44.6 Å². The molecule has 0 saturated carbocycles. The lowest BCUT2D eigenvalue weighted by atomic mass is 10.0. The van der Waals surface area contributed by atoms with Crippen molar-refractivity contribution in [3.05, 3.63) is 76.8 Å². The lowest BCUT2D eigenvalue weighted by molar-refractivity contribution is 0.628. The van der Waals surface area contributed by atoms with Crippen molar-refractivity contribution in [3.8, 4) is 22.4 Å². The van der Waals surface area contributed by atoms with Gasteiger partial charge in [-0.3, -0.25) is 0 Å². The second-order valence-electron chi connectivity index (χ2n) is 5.75. The van der Waals surface area contributed by atoms with Crippen LogP contribution >= 0.6 is 15.9 Å². The van der Waals surface area contributed by atoms with E-state index in [0.29, 0.717) is 0 Å². The maximum Gasteiger partial charge on any atom is 0.163 e. The molecule has 0 aliphatic carbocycles. The summed E-state index contributed by atoms with van der Waals surface area (Å²) in [7, 11) is 0. The Morgan fingerprint density at radius 1 is 0.960 bits per heavy atom. The van der Waals surface area contributed by atoms with Crippen LogP contribution in [-0.2, 0) is 6.42 Å². The number of fused-ring (bicyclic) bond motifs is 1. The van der Waals surface area contributed by atoms with Crippen LogP contribution in [0.15, 0.2) is 65.3 Å². The van der Waals surface area contributed by atoms with Gasteiger partial charge in [0.1, 0.15) is 5.82 Å². The van der Waals surface area contributed by atoms with Crippen LogP contribution in [0.1, 0.15) is 12.6 Å². The maximum atomic E-state index is 13.3. The quantitative estimate of drug-likeness (QED) is 0.456. The lowest BCUT2D eigenvalue weighted by Crippen LogP contribution is -1.96. The van der Waals surface area contributed by atoms with Gasteiger partial charge in [0.15, 0.2) is 5.65 Å². The average molecular weight is 396 g/mol. The van der Waals surface area contributed by atoms with Crippen LogP contribution in [-0.4, -0.2) is 14.6 Å². The first-order valence-corrected chi connectivity index (χ1v) is 8.85. The Bertz CT molecular complexity index is 1040. The topological polar surface area (TPSA) is 30.2 Å². The van der Waals surface area contributed by atoms with Crippen LogP contribution in [0, 0.1) is 5.82 Å². The van der Waals surface area contributed by atoms with Crippen molar-refractivity contribution in [2.24, 2.45) is 0 Å². The highest BCUT2D eigenvalue weighted by atomic mass is 79.9. The van der Waals surface area contributed by atoms with Gasteiger partial charge in [0, 0.05) is 21.8 Å². The molecule has 2 heterocycles. The smallest absolute Gasteiger partial charge is 0.163 e. The summed E-state index contributed by atoms with van der Waals surface area (Å²) in [6.07, 6.45) is 2.57. The molecule has 0 spiro atoms. The molecule has 0 bridgehead atoms. The molecule has 3 nitrogen and oxygen atoms in total. The van der Waals surface area contributed by atoms with E-state index in [9.17, 15) is 4.39 Å². The zero-order valence-corrected chi connectivity index (χ0v) is 15.2. The molecule has 2 aromatic carbocycles. The third kappa shape index (κ3) is 2.85. The molecular formula is C20H15BrFN3. The number of nitrogens with zero attached hydrogens (tertiary/aromatic N) is 3. The Morgan fingerprint density at radius 2 is 1.64 bits per heavy atom. The fourth-order valence-corrected chi connectivity index (χ4v) is 3.25. The number of halogens is 2. The predicted octanol–water partition coefficient (Wildman–Crippen LogP) is 5.53. The molecule has 4 rings (SSSR count). The molecule has 2 aromatic heterocycles. The Kier molecular flexibility index (Phi) is 4.09. The molecule has 0 atom stereocenters. The van der Waals surface area contributed by atoms with E-state index in [1.807, 2.05) is 34.8 Å². The molecule has 0 saturated heterocycles. The van der Waals surface area contributed by atoms with Crippen LogP contribution in [0.5, 0.6) is 0 Å². The Labute approximate surface area is 153 Å². The second-order valence-corrected chi connectivity index (χ2v) is 6.67. The minimum Gasteiger partial charge on any atom is -0.236 e. The fraction of sp³-hybridized carbons (Fsp3) is 0.100. The highest BCUT2D eigenvalue weighted by Crippen LogP contribution is 2.31. The minimum absolute atomic E-state index is 0.248. The van der Waals surface area contributed by atoms with Gasteiger partial charge < -0.3 is 0 Å². The third-order valence-corrected chi connectivity index (χ3v) is 4.73. The van der Waals surface area contributed by atoms with Crippen LogP contribution in [0.25, 0.3) is 28.0 Å². The first-order valence-electron chi connectivity index (χ1n) is 8.06. The minimum atomic E-state index is -0.248. The zero-order chi connectivity index (χ0) is 17.4. The third-order valence-electron chi connectivity index (χ3n) is 4.20.